The van der Waals surface area contributed by atoms with E-state index in [0.29, 0.717) is 12.8 Å². The molecule has 2 aliphatic heterocycles. The average Bonchev–Trinajstić information content (AvgIpc) is 2.05. The summed E-state index contributed by atoms with van der Waals surface area (Å²) >= 11 is 0. The fraction of sp³-hybridized carbons (Fsp3) is 0.750. The molecular weight excluding hydrogens is 158 g/mol. The van der Waals surface area contributed by atoms with Gasteiger partial charge in [0.25, 0.3) is 0 Å². The molecule has 1 amide bonds. The van der Waals surface area contributed by atoms with E-state index < -0.39 is 11.4 Å². The highest BCUT2D eigenvalue weighted by molar-refractivity contribution is 6.03. The Morgan fingerprint density at radius 2 is 2.08 bits per heavy atom. The van der Waals surface area contributed by atoms with Gasteiger partial charge in [0, 0.05) is 6.04 Å². The number of carboxylic acid groups (broad SMARTS) is 1. The first-order valence-electron chi connectivity index (χ1n) is 4.19. The highest BCUT2D eigenvalue weighted by Gasteiger charge is 2.52. The Morgan fingerprint density at radius 3 is 2.42 bits per heavy atom. The SMILES string of the molecule is O=C(O)C12CCC(CC1)NC2=O. The Labute approximate surface area is 69.9 Å². The minimum atomic E-state index is -1.09. The van der Waals surface area contributed by atoms with Crippen molar-refractivity contribution in [1.82, 2.24) is 5.32 Å². The maximum Gasteiger partial charge on any atom is 0.319 e. The van der Waals surface area contributed by atoms with E-state index in [4.69, 9.17) is 5.11 Å². The molecule has 3 aliphatic rings. The number of carboxylic acids is 1. The first kappa shape index (κ1) is 7.58. The molecule has 2 N–H and O–H groups in total. The van der Waals surface area contributed by atoms with Crippen LogP contribution in [0.25, 0.3) is 0 Å². The number of hydrogen-bond acceptors (Lipinski definition) is 2. The summed E-state index contributed by atoms with van der Waals surface area (Å²) in [6.45, 7) is 0. The molecule has 1 saturated carbocycles. The summed E-state index contributed by atoms with van der Waals surface area (Å²) in [6.07, 6.45) is 2.66. The number of rotatable bonds is 1. The third-order valence-electron chi connectivity index (χ3n) is 3.02. The second kappa shape index (κ2) is 2.21. The number of carbonyl (C=O) groups is 2. The zero-order valence-electron chi connectivity index (χ0n) is 6.67. The van der Waals surface area contributed by atoms with Gasteiger partial charge in [-0.2, -0.15) is 0 Å². The van der Waals surface area contributed by atoms with Crippen LogP contribution in [0.2, 0.25) is 0 Å². The van der Waals surface area contributed by atoms with Gasteiger partial charge in [0.2, 0.25) is 5.91 Å². The number of piperidine rings is 2. The van der Waals surface area contributed by atoms with Crippen LogP contribution in [0, 0.1) is 5.41 Å². The van der Waals surface area contributed by atoms with E-state index in [1.165, 1.54) is 0 Å². The van der Waals surface area contributed by atoms with Crippen LogP contribution in [0.5, 0.6) is 0 Å². The quantitative estimate of drug-likeness (QED) is 0.548. The van der Waals surface area contributed by atoms with Crippen LogP contribution in [0.4, 0.5) is 0 Å². The van der Waals surface area contributed by atoms with Gasteiger partial charge in [0.15, 0.2) is 0 Å². The molecule has 2 heterocycles. The van der Waals surface area contributed by atoms with Gasteiger partial charge in [0.1, 0.15) is 5.41 Å². The highest BCUT2D eigenvalue weighted by Crippen LogP contribution is 2.41. The normalized spacial score (nSPS) is 39.3. The van der Waals surface area contributed by atoms with E-state index in [1.807, 2.05) is 0 Å². The van der Waals surface area contributed by atoms with Crippen molar-refractivity contribution >= 4 is 11.9 Å². The first-order valence-corrected chi connectivity index (χ1v) is 4.19. The fourth-order valence-electron chi connectivity index (χ4n) is 2.12. The van der Waals surface area contributed by atoms with Crippen LogP contribution in [0.1, 0.15) is 25.7 Å². The lowest BCUT2D eigenvalue weighted by Crippen LogP contribution is -2.59. The van der Waals surface area contributed by atoms with Crippen molar-refractivity contribution in [3.05, 3.63) is 0 Å². The Bertz CT molecular complexity index is 241. The lowest BCUT2D eigenvalue weighted by molar-refractivity contribution is -0.162. The third kappa shape index (κ3) is 0.777. The Hall–Kier alpha value is -1.06. The van der Waals surface area contributed by atoms with Crippen molar-refractivity contribution in [3.8, 4) is 0 Å². The molecule has 66 valence electrons. The van der Waals surface area contributed by atoms with E-state index in [-0.39, 0.29) is 11.9 Å². The van der Waals surface area contributed by atoms with Crippen LogP contribution in [-0.2, 0) is 9.59 Å². The van der Waals surface area contributed by atoms with E-state index in [9.17, 15) is 9.59 Å². The summed E-state index contributed by atoms with van der Waals surface area (Å²) < 4.78 is 0. The minimum Gasteiger partial charge on any atom is -0.480 e. The molecule has 4 heteroatoms. The van der Waals surface area contributed by atoms with Crippen molar-refractivity contribution in [1.29, 1.82) is 0 Å². The monoisotopic (exact) mass is 169 g/mol. The molecule has 1 aliphatic carbocycles. The smallest absolute Gasteiger partial charge is 0.319 e. The number of aliphatic carboxylic acids is 1. The summed E-state index contributed by atoms with van der Waals surface area (Å²) in [5.41, 5.74) is -1.09. The van der Waals surface area contributed by atoms with Gasteiger partial charge >= 0.3 is 5.97 Å². The number of hydrogen-bond donors (Lipinski definition) is 2. The predicted molar refractivity (Wildman–Crippen MR) is 40.5 cm³/mol. The molecular formula is C8H11NO3. The maximum atomic E-state index is 11.3. The largest absolute Gasteiger partial charge is 0.480 e. The average molecular weight is 169 g/mol. The van der Waals surface area contributed by atoms with Gasteiger partial charge in [-0.3, -0.25) is 9.59 Å². The third-order valence-corrected chi connectivity index (χ3v) is 3.02. The standard InChI is InChI=1S/C8H11NO3/c10-6-8(7(11)12)3-1-5(9-6)2-4-8/h5H,1-4H2,(H,9,10)(H,11,12). The topological polar surface area (TPSA) is 66.4 Å². The van der Waals surface area contributed by atoms with Gasteiger partial charge in [-0.05, 0) is 25.7 Å². The molecule has 2 bridgehead atoms. The lowest BCUT2D eigenvalue weighted by atomic mass is 9.68. The Balaban J connectivity index is 2.32. The molecule has 0 unspecified atom stereocenters. The molecule has 12 heavy (non-hydrogen) atoms. The molecule has 0 aromatic rings. The van der Waals surface area contributed by atoms with Crippen molar-refractivity contribution in [2.75, 3.05) is 0 Å². The number of amides is 1. The van der Waals surface area contributed by atoms with Crippen LogP contribution < -0.4 is 5.32 Å². The molecule has 0 atom stereocenters. The number of fused-ring (bicyclic) bond motifs is 3. The van der Waals surface area contributed by atoms with Crippen LogP contribution in [-0.4, -0.2) is 23.0 Å². The zero-order valence-corrected chi connectivity index (χ0v) is 6.67. The Kier molecular flexibility index (Phi) is 1.40. The predicted octanol–water partition coefficient (Wildman–Crippen LogP) is 0.130. The first-order chi connectivity index (χ1) is 5.65. The van der Waals surface area contributed by atoms with Crippen molar-refractivity contribution in [3.63, 3.8) is 0 Å². The molecule has 2 saturated heterocycles. The molecule has 0 spiro atoms. The maximum absolute atomic E-state index is 11.3. The van der Waals surface area contributed by atoms with Gasteiger partial charge in [-0.15, -0.1) is 0 Å². The van der Waals surface area contributed by atoms with Crippen LogP contribution in [0.15, 0.2) is 0 Å². The summed E-state index contributed by atoms with van der Waals surface area (Å²) in [4.78, 5) is 22.2. The molecule has 0 aromatic heterocycles. The number of carbonyl (C=O) groups excluding carboxylic acids is 1. The molecule has 3 fully saturated rings. The minimum absolute atomic E-state index is 0.235. The molecule has 0 aromatic carbocycles. The molecule has 0 radical (unpaired) electrons. The van der Waals surface area contributed by atoms with E-state index >= 15 is 0 Å². The second-order valence-corrected chi connectivity index (χ2v) is 3.63. The fourth-order valence-corrected chi connectivity index (χ4v) is 2.12. The zero-order chi connectivity index (χ0) is 8.77. The van der Waals surface area contributed by atoms with E-state index in [2.05, 4.69) is 5.32 Å². The molecule has 4 nitrogen and oxygen atoms in total. The highest BCUT2D eigenvalue weighted by atomic mass is 16.4. The van der Waals surface area contributed by atoms with Crippen molar-refractivity contribution in [2.45, 2.75) is 31.7 Å². The van der Waals surface area contributed by atoms with Gasteiger partial charge < -0.3 is 10.4 Å². The molecule has 3 rings (SSSR count). The van der Waals surface area contributed by atoms with E-state index in [0.717, 1.165) is 12.8 Å². The van der Waals surface area contributed by atoms with Crippen molar-refractivity contribution < 1.29 is 14.7 Å². The van der Waals surface area contributed by atoms with E-state index in [1.54, 1.807) is 0 Å². The summed E-state index contributed by atoms with van der Waals surface area (Å²) in [5.74, 6) is -1.24. The number of nitrogens with one attached hydrogen (secondary N) is 1. The Morgan fingerprint density at radius 1 is 1.50 bits per heavy atom. The van der Waals surface area contributed by atoms with Crippen molar-refractivity contribution in [2.24, 2.45) is 5.41 Å². The summed E-state index contributed by atoms with van der Waals surface area (Å²) in [7, 11) is 0. The van der Waals surface area contributed by atoms with Crippen LogP contribution in [0.3, 0.4) is 0 Å². The summed E-state index contributed by atoms with van der Waals surface area (Å²) in [5, 5.41) is 11.6. The van der Waals surface area contributed by atoms with Crippen LogP contribution >= 0.6 is 0 Å². The van der Waals surface area contributed by atoms with Gasteiger partial charge in [-0.1, -0.05) is 0 Å². The van der Waals surface area contributed by atoms with Gasteiger partial charge in [0.05, 0.1) is 0 Å². The van der Waals surface area contributed by atoms with Gasteiger partial charge in [-0.25, -0.2) is 0 Å². The second-order valence-electron chi connectivity index (χ2n) is 3.63. The lowest BCUT2D eigenvalue weighted by Gasteiger charge is -2.42. The summed E-state index contributed by atoms with van der Waals surface area (Å²) in [6, 6.07) is 0.235.